The monoisotopic (exact) mass is 465 g/mol. The molecule has 1 heterocycles. The Hall–Kier alpha value is -1.08. The van der Waals surface area contributed by atoms with Crippen LogP contribution in [0.5, 0.6) is 0 Å². The van der Waals surface area contributed by atoms with E-state index >= 15 is 0 Å². The fraction of sp³-hybridized carbons (Fsp3) is 0.444. The topological polar surface area (TPSA) is 81.1 Å². The lowest BCUT2D eigenvalue weighted by atomic mass is 9.88. The molecule has 2 aromatic rings. The quantitative estimate of drug-likeness (QED) is 0.634. The zero-order valence-corrected chi connectivity index (χ0v) is 18.3. The molecule has 0 saturated heterocycles. The third kappa shape index (κ3) is 6.27. The summed E-state index contributed by atoms with van der Waals surface area (Å²) in [5.41, 5.74) is 6.34. The Morgan fingerprint density at radius 1 is 1.35 bits per heavy atom. The number of benzene rings is 1. The van der Waals surface area contributed by atoms with Crippen LogP contribution >= 0.6 is 40.7 Å². The summed E-state index contributed by atoms with van der Waals surface area (Å²) in [5.74, 6) is 1.45. The first-order valence-electron chi connectivity index (χ1n) is 8.06. The van der Waals surface area contributed by atoms with E-state index in [1.807, 2.05) is 45.0 Å². The zero-order chi connectivity index (χ0) is 17.7. The van der Waals surface area contributed by atoms with Gasteiger partial charge in [-0.05, 0) is 18.9 Å². The number of hydrogen-bond donors (Lipinski definition) is 2. The van der Waals surface area contributed by atoms with Crippen LogP contribution in [0.3, 0.4) is 0 Å². The van der Waals surface area contributed by atoms with E-state index in [0.717, 1.165) is 10.0 Å². The summed E-state index contributed by atoms with van der Waals surface area (Å²) < 4.78 is 6.70. The Labute approximate surface area is 175 Å². The van der Waals surface area contributed by atoms with Gasteiger partial charge >= 0.3 is 0 Å². The Morgan fingerprint density at radius 2 is 2.00 bits per heavy atom. The van der Waals surface area contributed by atoms with Crippen LogP contribution in [0.25, 0.3) is 11.3 Å². The first-order chi connectivity index (χ1) is 11.4. The summed E-state index contributed by atoms with van der Waals surface area (Å²) in [6.45, 7) is 6.46. The van der Waals surface area contributed by atoms with Gasteiger partial charge in [0.2, 0.25) is 5.91 Å². The Balaban J connectivity index is 0.00000312. The number of aromatic nitrogens is 1. The third-order valence-corrected chi connectivity index (χ3v) is 5.07. The number of halogens is 3. The summed E-state index contributed by atoms with van der Waals surface area (Å²) in [4.78, 5) is 16.4. The van der Waals surface area contributed by atoms with Crippen molar-refractivity contribution >= 4 is 46.7 Å². The molecule has 8 heteroatoms. The molecule has 0 saturated carbocycles. The highest BCUT2D eigenvalue weighted by Crippen LogP contribution is 2.28. The third-order valence-electron chi connectivity index (χ3n) is 4.38. The van der Waals surface area contributed by atoms with Crippen molar-refractivity contribution in [1.82, 2.24) is 10.3 Å². The molecule has 1 amide bonds. The Bertz CT molecular complexity index is 709. The molecule has 146 valence electrons. The van der Waals surface area contributed by atoms with Crippen molar-refractivity contribution in [3.63, 3.8) is 0 Å². The molecule has 1 aromatic heterocycles. The molecule has 5 nitrogen and oxygen atoms in total. The molecule has 2 rings (SSSR count). The van der Waals surface area contributed by atoms with Gasteiger partial charge in [0.15, 0.2) is 11.7 Å². The van der Waals surface area contributed by atoms with Gasteiger partial charge in [0.05, 0.1) is 11.7 Å². The molecule has 0 bridgehead atoms. The van der Waals surface area contributed by atoms with Gasteiger partial charge in [0.1, 0.15) is 0 Å². The van der Waals surface area contributed by atoms with Gasteiger partial charge in [-0.2, -0.15) is 0 Å². The van der Waals surface area contributed by atoms with Crippen LogP contribution in [0.15, 0.2) is 39.4 Å². The molecule has 1 unspecified atom stereocenters. The Kier molecular flexibility index (Phi) is 10.5. The van der Waals surface area contributed by atoms with Gasteiger partial charge in [0.25, 0.3) is 0 Å². The molecule has 0 aliphatic carbocycles. The van der Waals surface area contributed by atoms with Crippen LogP contribution in [-0.4, -0.2) is 23.0 Å². The molecular weight excluding hydrogens is 441 g/mol. The lowest BCUT2D eigenvalue weighted by Gasteiger charge is -2.33. The first kappa shape index (κ1) is 24.9. The van der Waals surface area contributed by atoms with E-state index in [-0.39, 0.29) is 36.6 Å². The lowest BCUT2D eigenvalue weighted by Crippen LogP contribution is -2.55. The van der Waals surface area contributed by atoms with Crippen molar-refractivity contribution in [3.8, 4) is 11.3 Å². The van der Waals surface area contributed by atoms with Gasteiger partial charge in [-0.15, -0.1) is 24.8 Å². The number of nitrogens with one attached hydrogen (secondary N) is 1. The van der Waals surface area contributed by atoms with Crippen LogP contribution in [0.4, 0.5) is 0 Å². The molecule has 3 N–H and O–H groups in total. The molecule has 26 heavy (non-hydrogen) atoms. The largest absolute Gasteiger partial charge is 0.441 e. The van der Waals surface area contributed by atoms with Crippen molar-refractivity contribution in [2.75, 3.05) is 6.54 Å². The van der Waals surface area contributed by atoms with Crippen molar-refractivity contribution in [2.45, 2.75) is 39.2 Å². The summed E-state index contributed by atoms with van der Waals surface area (Å²) >= 11 is 3.50. The maximum atomic E-state index is 12.2. The fourth-order valence-electron chi connectivity index (χ4n) is 2.24. The second-order valence-corrected chi connectivity index (χ2v) is 7.28. The van der Waals surface area contributed by atoms with E-state index in [9.17, 15) is 4.79 Å². The van der Waals surface area contributed by atoms with E-state index in [1.54, 1.807) is 6.20 Å². The lowest BCUT2D eigenvalue weighted by molar-refractivity contribution is -0.123. The van der Waals surface area contributed by atoms with Gasteiger partial charge in [-0.1, -0.05) is 48.0 Å². The number of amides is 1. The number of oxazole rings is 1. The Morgan fingerprint density at radius 3 is 2.58 bits per heavy atom. The summed E-state index contributed by atoms with van der Waals surface area (Å²) in [6.07, 6.45) is 2.46. The first-order valence-corrected chi connectivity index (χ1v) is 8.85. The smallest absolute Gasteiger partial charge is 0.220 e. The van der Waals surface area contributed by atoms with Gasteiger partial charge in [0, 0.05) is 29.4 Å². The van der Waals surface area contributed by atoms with E-state index in [2.05, 4.69) is 26.2 Å². The van der Waals surface area contributed by atoms with Gasteiger partial charge in [-0.25, -0.2) is 4.98 Å². The summed E-state index contributed by atoms with van der Waals surface area (Å²) in [7, 11) is 0. The molecule has 0 aliphatic rings. The number of carbonyl (C=O) groups is 1. The number of aryl methyl sites for hydroxylation is 1. The van der Waals surface area contributed by atoms with Crippen molar-refractivity contribution in [2.24, 2.45) is 11.7 Å². The zero-order valence-electron chi connectivity index (χ0n) is 15.1. The number of carbonyl (C=O) groups excluding carboxylic acids is 1. The second-order valence-electron chi connectivity index (χ2n) is 6.42. The van der Waals surface area contributed by atoms with Crippen LogP contribution in [-0.2, 0) is 11.2 Å². The van der Waals surface area contributed by atoms with Crippen LogP contribution in [0.2, 0.25) is 0 Å². The van der Waals surface area contributed by atoms with Gasteiger partial charge in [-0.3, -0.25) is 4.79 Å². The van der Waals surface area contributed by atoms with E-state index in [0.29, 0.717) is 31.0 Å². The van der Waals surface area contributed by atoms with E-state index < -0.39 is 5.54 Å². The highest BCUT2D eigenvalue weighted by Gasteiger charge is 2.28. The summed E-state index contributed by atoms with van der Waals surface area (Å²) in [5, 5.41) is 3.02. The maximum Gasteiger partial charge on any atom is 0.220 e. The predicted molar refractivity (Wildman–Crippen MR) is 113 cm³/mol. The summed E-state index contributed by atoms with van der Waals surface area (Å²) in [6, 6.07) is 7.79. The van der Waals surface area contributed by atoms with Crippen LogP contribution in [0, 0.1) is 5.92 Å². The van der Waals surface area contributed by atoms with E-state index in [4.69, 9.17) is 10.2 Å². The molecular formula is C18H26BrCl2N3O2. The normalized spacial score (nSPS) is 12.7. The number of rotatable bonds is 7. The average molecular weight is 467 g/mol. The van der Waals surface area contributed by atoms with Crippen LogP contribution in [0.1, 0.15) is 33.1 Å². The number of nitrogens with two attached hydrogens (primary N) is 1. The van der Waals surface area contributed by atoms with E-state index in [1.165, 1.54) is 0 Å². The highest BCUT2D eigenvalue weighted by molar-refractivity contribution is 9.10. The SMILES string of the molecule is CC(C)C(C)(CN)NC(=O)CCc1ncc(-c2ccccc2Br)o1.Cl.Cl. The molecule has 0 fully saturated rings. The number of nitrogens with zero attached hydrogens (tertiary/aromatic N) is 1. The standard InChI is InChI=1S/C18H24BrN3O2.2ClH/c1-12(2)18(3,11-20)22-16(23)8-9-17-21-10-15(24-17)13-6-4-5-7-14(13)19;;/h4-7,10,12H,8-9,11,20H2,1-3H3,(H,22,23);2*1H. The minimum absolute atomic E-state index is 0. The fourth-order valence-corrected chi connectivity index (χ4v) is 2.72. The minimum atomic E-state index is -0.395. The van der Waals surface area contributed by atoms with Crippen molar-refractivity contribution in [1.29, 1.82) is 0 Å². The average Bonchev–Trinajstić information content (AvgIpc) is 3.01. The predicted octanol–water partition coefficient (Wildman–Crippen LogP) is 4.37. The molecule has 0 radical (unpaired) electrons. The minimum Gasteiger partial charge on any atom is -0.441 e. The van der Waals surface area contributed by atoms with Crippen molar-refractivity contribution < 1.29 is 9.21 Å². The molecule has 0 spiro atoms. The van der Waals surface area contributed by atoms with Crippen LogP contribution < -0.4 is 11.1 Å². The molecule has 0 aliphatic heterocycles. The molecule has 1 aromatic carbocycles. The second kappa shape index (κ2) is 10.9. The number of hydrogen-bond acceptors (Lipinski definition) is 4. The molecule has 1 atom stereocenters. The van der Waals surface area contributed by atoms with Gasteiger partial charge < -0.3 is 15.5 Å². The van der Waals surface area contributed by atoms with Crippen molar-refractivity contribution in [3.05, 3.63) is 40.8 Å². The highest BCUT2D eigenvalue weighted by atomic mass is 79.9. The maximum absolute atomic E-state index is 12.2.